The van der Waals surface area contributed by atoms with E-state index in [2.05, 4.69) is 10.2 Å². The zero-order chi connectivity index (χ0) is 25.1. The van der Waals surface area contributed by atoms with E-state index in [-0.39, 0.29) is 47.1 Å². The highest BCUT2D eigenvalue weighted by atomic mass is 79.9. The second kappa shape index (κ2) is 12.9. The van der Waals surface area contributed by atoms with E-state index < -0.39 is 23.3 Å². The van der Waals surface area contributed by atoms with Gasteiger partial charge in [-0.15, -0.1) is 9.36 Å². The summed E-state index contributed by atoms with van der Waals surface area (Å²) in [5.74, 6) is -2.41. The third-order valence-electron chi connectivity index (χ3n) is 5.71. The van der Waals surface area contributed by atoms with Crippen LogP contribution in [-0.2, 0) is 26.2 Å². The van der Waals surface area contributed by atoms with Gasteiger partial charge < -0.3 is 34.0 Å². The molecule has 0 saturated heterocycles. The third kappa shape index (κ3) is 7.35. The number of halogens is 6. The molecule has 12 heteroatoms. The van der Waals surface area contributed by atoms with Crippen LogP contribution in [0, 0.1) is 23.3 Å². The largest absolute Gasteiger partial charge is 1.00 e. The lowest BCUT2D eigenvalue weighted by atomic mass is 10.1. The van der Waals surface area contributed by atoms with Crippen molar-refractivity contribution < 1.29 is 60.7 Å². The molecule has 0 fully saturated rings. The van der Waals surface area contributed by atoms with Gasteiger partial charge in [0, 0.05) is 33.5 Å². The highest BCUT2D eigenvalue weighted by Crippen LogP contribution is 2.12. The van der Waals surface area contributed by atoms with Crippen LogP contribution in [0.1, 0.15) is 22.3 Å². The van der Waals surface area contributed by atoms with Crippen molar-refractivity contribution in [3.05, 3.63) is 131 Å². The predicted octanol–water partition coefficient (Wildman–Crippen LogP) is -2.59. The molecule has 0 bridgehead atoms. The first-order chi connectivity index (χ1) is 17.4. The standard InChI is InChI=1S/C26H22F4N6.2BrH/c27-23-7-5-21(25(29)9-23)13-35-17-33(15-31-35)11-19-1-2-20(4-3-19)12-34-16-32-36(18-34)14-22-6-8-24(28)10-26(22)30;;/h1-10,15-18H,11-14H2;2*1H/q+2;;/p-2. The maximum Gasteiger partial charge on any atom is 0.265 e. The van der Waals surface area contributed by atoms with Crippen LogP contribution in [0.2, 0.25) is 0 Å². The molecule has 0 amide bonds. The average molecular weight is 654 g/mol. The van der Waals surface area contributed by atoms with Gasteiger partial charge in [-0.25, -0.2) is 26.7 Å². The predicted molar refractivity (Wildman–Crippen MR) is 120 cm³/mol. The average Bonchev–Trinajstić information content (AvgIpc) is 3.48. The molecule has 38 heavy (non-hydrogen) atoms. The molecule has 0 unspecified atom stereocenters. The number of hydrogen-bond donors (Lipinski definition) is 0. The number of nitrogens with zero attached hydrogens (tertiary/aromatic N) is 6. The van der Waals surface area contributed by atoms with Gasteiger partial charge in [0.1, 0.15) is 36.4 Å². The Hall–Kier alpha value is -3.38. The normalized spacial score (nSPS) is 10.6. The molecule has 2 aromatic heterocycles. The molecule has 198 valence electrons. The summed E-state index contributed by atoms with van der Waals surface area (Å²) in [7, 11) is 0. The molecule has 0 atom stereocenters. The summed E-state index contributed by atoms with van der Waals surface area (Å²) >= 11 is 0. The lowest BCUT2D eigenvalue weighted by Crippen LogP contribution is -3.00. The van der Waals surface area contributed by atoms with Gasteiger partial charge in [-0.3, -0.25) is 0 Å². The minimum atomic E-state index is -0.608. The molecule has 5 rings (SSSR count). The quantitative estimate of drug-likeness (QED) is 0.136. The Labute approximate surface area is 237 Å². The first kappa shape index (κ1) is 29.2. The van der Waals surface area contributed by atoms with Gasteiger partial charge >= 0.3 is 0 Å². The molecular formula is C26H22Br2F4N6. The SMILES string of the molecule is Fc1ccc(Cn2c[n+](Cc3ccc(C[n+]4cnn(Cc5ccc(F)cc5F)c4)cc3)cn2)c(F)c1.[Br-].[Br-]. The second-order valence-electron chi connectivity index (χ2n) is 8.52. The molecular weight excluding hydrogens is 632 g/mol. The summed E-state index contributed by atoms with van der Waals surface area (Å²) in [6, 6.07) is 15.1. The Balaban J connectivity index is 0.00000200. The highest BCUT2D eigenvalue weighted by Gasteiger charge is 2.13. The monoisotopic (exact) mass is 652 g/mol. The van der Waals surface area contributed by atoms with Crippen molar-refractivity contribution in [2.75, 3.05) is 0 Å². The molecule has 0 aliphatic rings. The van der Waals surface area contributed by atoms with E-state index >= 15 is 0 Å². The molecule has 2 heterocycles. The van der Waals surface area contributed by atoms with Crippen LogP contribution in [0.25, 0.3) is 0 Å². The Bertz CT molecular complexity index is 1390. The van der Waals surface area contributed by atoms with Gasteiger partial charge in [0.25, 0.3) is 12.7 Å². The van der Waals surface area contributed by atoms with E-state index in [1.807, 2.05) is 33.4 Å². The Morgan fingerprint density at radius 1 is 0.579 bits per heavy atom. The second-order valence-corrected chi connectivity index (χ2v) is 8.52. The fourth-order valence-corrected chi connectivity index (χ4v) is 3.87. The van der Waals surface area contributed by atoms with Crippen molar-refractivity contribution in [3.8, 4) is 0 Å². The van der Waals surface area contributed by atoms with Crippen molar-refractivity contribution in [2.45, 2.75) is 26.2 Å². The van der Waals surface area contributed by atoms with E-state index in [0.29, 0.717) is 24.2 Å². The molecule has 0 spiro atoms. The summed E-state index contributed by atoms with van der Waals surface area (Å²) in [6.07, 6.45) is 6.85. The molecule has 0 radical (unpaired) electrons. The van der Waals surface area contributed by atoms with Crippen LogP contribution < -0.4 is 43.1 Å². The molecule has 3 aromatic carbocycles. The van der Waals surface area contributed by atoms with Crippen LogP contribution in [-0.4, -0.2) is 19.6 Å². The summed E-state index contributed by atoms with van der Waals surface area (Å²) in [5.41, 5.74) is 2.84. The van der Waals surface area contributed by atoms with Crippen LogP contribution in [0.3, 0.4) is 0 Å². The number of hydrogen-bond acceptors (Lipinski definition) is 2. The van der Waals surface area contributed by atoms with Crippen molar-refractivity contribution in [3.63, 3.8) is 0 Å². The van der Waals surface area contributed by atoms with Crippen LogP contribution in [0.15, 0.2) is 86.0 Å². The maximum atomic E-state index is 13.9. The fourth-order valence-electron chi connectivity index (χ4n) is 3.87. The smallest absolute Gasteiger partial charge is 0.265 e. The Kier molecular flexibility index (Phi) is 9.92. The zero-order valence-corrected chi connectivity index (χ0v) is 23.0. The van der Waals surface area contributed by atoms with Crippen LogP contribution >= 0.6 is 0 Å². The molecule has 5 aromatic rings. The van der Waals surface area contributed by atoms with Crippen molar-refractivity contribution >= 4 is 0 Å². The topological polar surface area (TPSA) is 43.4 Å². The molecule has 0 saturated carbocycles. The first-order valence-electron chi connectivity index (χ1n) is 11.2. The molecule has 0 aliphatic heterocycles. The maximum absolute atomic E-state index is 13.9. The molecule has 0 aliphatic carbocycles. The van der Waals surface area contributed by atoms with Crippen molar-refractivity contribution in [2.24, 2.45) is 0 Å². The number of benzene rings is 3. The molecule has 6 nitrogen and oxygen atoms in total. The van der Waals surface area contributed by atoms with Crippen molar-refractivity contribution in [1.82, 2.24) is 19.6 Å². The Morgan fingerprint density at radius 2 is 0.974 bits per heavy atom. The van der Waals surface area contributed by atoms with Crippen LogP contribution in [0.5, 0.6) is 0 Å². The third-order valence-corrected chi connectivity index (χ3v) is 5.71. The van der Waals surface area contributed by atoms with E-state index in [9.17, 15) is 17.6 Å². The molecule has 0 N–H and O–H groups in total. The van der Waals surface area contributed by atoms with Gasteiger partial charge in [0.15, 0.2) is 0 Å². The van der Waals surface area contributed by atoms with E-state index in [1.54, 1.807) is 34.7 Å². The minimum Gasteiger partial charge on any atom is -1.00 e. The minimum absolute atomic E-state index is 0. The lowest BCUT2D eigenvalue weighted by Gasteiger charge is -2.02. The van der Waals surface area contributed by atoms with Crippen LogP contribution in [0.4, 0.5) is 17.6 Å². The lowest BCUT2D eigenvalue weighted by molar-refractivity contribution is -0.689. The zero-order valence-electron chi connectivity index (χ0n) is 19.9. The van der Waals surface area contributed by atoms with Crippen molar-refractivity contribution in [1.29, 1.82) is 0 Å². The summed E-state index contributed by atoms with van der Waals surface area (Å²) < 4.78 is 60.9. The Morgan fingerprint density at radius 3 is 1.34 bits per heavy atom. The number of aromatic nitrogens is 6. The van der Waals surface area contributed by atoms with Gasteiger partial charge in [0.2, 0.25) is 12.7 Å². The van der Waals surface area contributed by atoms with E-state index in [0.717, 1.165) is 23.3 Å². The summed E-state index contributed by atoms with van der Waals surface area (Å²) in [6.45, 7) is 1.58. The van der Waals surface area contributed by atoms with Gasteiger partial charge in [-0.1, -0.05) is 24.3 Å². The number of rotatable bonds is 8. The van der Waals surface area contributed by atoms with Gasteiger partial charge in [-0.05, 0) is 35.4 Å². The highest BCUT2D eigenvalue weighted by molar-refractivity contribution is 5.21. The summed E-state index contributed by atoms with van der Waals surface area (Å²) in [4.78, 5) is 0. The van der Waals surface area contributed by atoms with E-state index in [4.69, 9.17) is 0 Å². The van der Waals surface area contributed by atoms with E-state index in [1.165, 1.54) is 24.3 Å². The van der Waals surface area contributed by atoms with Gasteiger partial charge in [0.05, 0.1) is 13.1 Å². The van der Waals surface area contributed by atoms with Gasteiger partial charge in [-0.2, -0.15) is 0 Å². The summed E-state index contributed by atoms with van der Waals surface area (Å²) in [5, 5.41) is 8.50. The first-order valence-corrected chi connectivity index (χ1v) is 11.2. The fraction of sp³-hybridized carbons (Fsp3) is 0.154.